The lowest BCUT2D eigenvalue weighted by Gasteiger charge is -2.15. The smallest absolute Gasteiger partial charge is 0.278 e. The standard InChI is InChI=1S/C28H27FN2O3/c1-4-34-24-15-9-21(10-16-24)25-26(30-23-13-7-20(8-14-23)18(2)3)28(33)31(27(25)32)17-19-5-11-22(29)12-6-19/h5-16,18,30H,4,17H2,1-3H3. The van der Waals surface area contributed by atoms with Crippen molar-refractivity contribution in [3.63, 3.8) is 0 Å². The highest BCUT2D eigenvalue weighted by molar-refractivity contribution is 6.36. The van der Waals surface area contributed by atoms with Crippen LogP contribution in [0.2, 0.25) is 0 Å². The summed E-state index contributed by atoms with van der Waals surface area (Å²) in [7, 11) is 0. The third-order valence-corrected chi connectivity index (χ3v) is 5.72. The van der Waals surface area contributed by atoms with Crippen LogP contribution in [0.25, 0.3) is 5.57 Å². The van der Waals surface area contributed by atoms with E-state index in [1.807, 2.05) is 31.2 Å². The average Bonchev–Trinajstić information content (AvgIpc) is 3.06. The first-order valence-corrected chi connectivity index (χ1v) is 11.3. The molecule has 0 atom stereocenters. The fourth-order valence-electron chi connectivity index (χ4n) is 3.86. The molecule has 5 nitrogen and oxygen atoms in total. The lowest BCUT2D eigenvalue weighted by Crippen LogP contribution is -2.32. The molecule has 0 bridgehead atoms. The minimum atomic E-state index is -0.425. The van der Waals surface area contributed by atoms with Crippen LogP contribution >= 0.6 is 0 Å². The van der Waals surface area contributed by atoms with Gasteiger partial charge in [0.15, 0.2) is 0 Å². The third kappa shape index (κ3) is 4.86. The molecule has 0 aromatic heterocycles. The number of carbonyl (C=O) groups is 2. The van der Waals surface area contributed by atoms with Crippen LogP contribution in [-0.4, -0.2) is 23.3 Å². The number of anilines is 1. The molecule has 3 aromatic carbocycles. The van der Waals surface area contributed by atoms with Gasteiger partial charge in [-0.15, -0.1) is 0 Å². The number of hydrogen-bond acceptors (Lipinski definition) is 4. The van der Waals surface area contributed by atoms with Crippen molar-refractivity contribution in [2.45, 2.75) is 33.2 Å². The molecule has 3 aromatic rings. The van der Waals surface area contributed by atoms with Crippen LogP contribution in [0.3, 0.4) is 0 Å². The molecule has 2 amide bonds. The summed E-state index contributed by atoms with van der Waals surface area (Å²) in [5.41, 5.74) is 3.68. The maximum absolute atomic E-state index is 13.4. The van der Waals surface area contributed by atoms with Crippen molar-refractivity contribution in [2.24, 2.45) is 0 Å². The highest BCUT2D eigenvalue weighted by Gasteiger charge is 2.39. The molecule has 0 saturated carbocycles. The van der Waals surface area contributed by atoms with Gasteiger partial charge >= 0.3 is 0 Å². The summed E-state index contributed by atoms with van der Waals surface area (Å²) in [6.07, 6.45) is 0. The van der Waals surface area contributed by atoms with E-state index in [0.717, 1.165) is 0 Å². The number of hydrogen-bond donors (Lipinski definition) is 1. The van der Waals surface area contributed by atoms with Gasteiger partial charge < -0.3 is 10.1 Å². The highest BCUT2D eigenvalue weighted by Crippen LogP contribution is 2.32. The number of amides is 2. The molecule has 0 fully saturated rings. The Morgan fingerprint density at radius 3 is 2.12 bits per heavy atom. The predicted molar refractivity (Wildman–Crippen MR) is 131 cm³/mol. The minimum absolute atomic E-state index is 0.0515. The van der Waals surface area contributed by atoms with E-state index in [2.05, 4.69) is 19.2 Å². The molecule has 1 aliphatic rings. The van der Waals surface area contributed by atoms with E-state index >= 15 is 0 Å². The van der Waals surface area contributed by atoms with E-state index in [9.17, 15) is 14.0 Å². The van der Waals surface area contributed by atoms with Crippen molar-refractivity contribution < 1.29 is 18.7 Å². The molecule has 4 rings (SSSR count). The van der Waals surface area contributed by atoms with Crippen molar-refractivity contribution in [1.82, 2.24) is 4.90 Å². The number of nitrogens with zero attached hydrogens (tertiary/aromatic N) is 1. The number of imide groups is 1. The first-order chi connectivity index (χ1) is 16.4. The zero-order valence-corrected chi connectivity index (χ0v) is 19.5. The first kappa shape index (κ1) is 23.2. The Bertz CT molecular complexity index is 1210. The highest BCUT2D eigenvalue weighted by atomic mass is 19.1. The number of nitrogens with one attached hydrogen (secondary N) is 1. The second kappa shape index (κ2) is 9.91. The van der Waals surface area contributed by atoms with E-state index in [4.69, 9.17) is 4.74 Å². The second-order valence-corrected chi connectivity index (χ2v) is 8.43. The molecule has 0 saturated heterocycles. The second-order valence-electron chi connectivity index (χ2n) is 8.43. The van der Waals surface area contributed by atoms with Crippen molar-refractivity contribution in [3.05, 3.63) is 101 Å². The fourth-order valence-corrected chi connectivity index (χ4v) is 3.86. The van der Waals surface area contributed by atoms with Crippen LogP contribution in [-0.2, 0) is 16.1 Å². The SMILES string of the molecule is CCOc1ccc(C2=C(Nc3ccc(C(C)C)cc3)C(=O)N(Cc3ccc(F)cc3)C2=O)cc1. The molecule has 0 unspecified atom stereocenters. The van der Waals surface area contributed by atoms with Gasteiger partial charge in [-0.05, 0) is 65.9 Å². The molecule has 0 aliphatic carbocycles. The quantitative estimate of drug-likeness (QED) is 0.438. The van der Waals surface area contributed by atoms with Crippen LogP contribution in [0.15, 0.2) is 78.5 Å². The van der Waals surface area contributed by atoms with Gasteiger partial charge in [0.25, 0.3) is 11.8 Å². The Morgan fingerprint density at radius 2 is 1.53 bits per heavy atom. The normalized spacial score (nSPS) is 13.7. The van der Waals surface area contributed by atoms with Gasteiger partial charge in [-0.25, -0.2) is 4.39 Å². The van der Waals surface area contributed by atoms with E-state index in [-0.39, 0.29) is 18.1 Å². The van der Waals surface area contributed by atoms with Gasteiger partial charge in [-0.3, -0.25) is 14.5 Å². The molecule has 1 aliphatic heterocycles. The largest absolute Gasteiger partial charge is 0.494 e. The maximum Gasteiger partial charge on any atom is 0.278 e. The van der Waals surface area contributed by atoms with Gasteiger partial charge in [0, 0.05) is 5.69 Å². The summed E-state index contributed by atoms with van der Waals surface area (Å²) < 4.78 is 18.8. The molecule has 0 radical (unpaired) electrons. The van der Waals surface area contributed by atoms with Crippen LogP contribution in [0.1, 0.15) is 43.4 Å². The van der Waals surface area contributed by atoms with Gasteiger partial charge in [-0.1, -0.05) is 50.2 Å². The summed E-state index contributed by atoms with van der Waals surface area (Å²) in [4.78, 5) is 28.0. The topological polar surface area (TPSA) is 58.6 Å². The Morgan fingerprint density at radius 1 is 0.882 bits per heavy atom. The summed E-state index contributed by atoms with van der Waals surface area (Å²) in [6, 6.07) is 20.7. The minimum Gasteiger partial charge on any atom is -0.494 e. The van der Waals surface area contributed by atoms with E-state index < -0.39 is 11.8 Å². The van der Waals surface area contributed by atoms with Crippen LogP contribution in [0, 0.1) is 5.82 Å². The molecule has 1 N–H and O–H groups in total. The van der Waals surface area contributed by atoms with E-state index in [1.54, 1.807) is 36.4 Å². The number of carbonyl (C=O) groups excluding carboxylic acids is 2. The zero-order valence-electron chi connectivity index (χ0n) is 19.5. The first-order valence-electron chi connectivity index (χ1n) is 11.3. The maximum atomic E-state index is 13.4. The number of ether oxygens (including phenoxy) is 1. The third-order valence-electron chi connectivity index (χ3n) is 5.72. The molecule has 34 heavy (non-hydrogen) atoms. The molecular formula is C28H27FN2O3. The predicted octanol–water partition coefficient (Wildman–Crippen LogP) is 5.74. The van der Waals surface area contributed by atoms with E-state index in [0.29, 0.717) is 40.7 Å². The summed E-state index contributed by atoms with van der Waals surface area (Å²) in [6.45, 7) is 6.71. The number of halogens is 1. The van der Waals surface area contributed by atoms with E-state index in [1.165, 1.54) is 22.6 Å². The van der Waals surface area contributed by atoms with Crippen molar-refractivity contribution in [1.29, 1.82) is 0 Å². The summed E-state index contributed by atoms with van der Waals surface area (Å²) in [5, 5.41) is 3.18. The number of rotatable bonds is 8. The van der Waals surface area contributed by atoms with Crippen LogP contribution < -0.4 is 10.1 Å². The van der Waals surface area contributed by atoms with Crippen molar-refractivity contribution in [3.8, 4) is 5.75 Å². The molecule has 6 heteroatoms. The summed E-state index contributed by atoms with van der Waals surface area (Å²) >= 11 is 0. The Hall–Kier alpha value is -3.93. The van der Waals surface area contributed by atoms with Crippen molar-refractivity contribution in [2.75, 3.05) is 11.9 Å². The molecule has 0 spiro atoms. The van der Waals surface area contributed by atoms with Gasteiger partial charge in [0.2, 0.25) is 0 Å². The van der Waals surface area contributed by atoms with Crippen LogP contribution in [0.5, 0.6) is 5.75 Å². The lowest BCUT2D eigenvalue weighted by molar-refractivity contribution is -0.137. The fraction of sp³-hybridized carbons (Fsp3) is 0.214. The monoisotopic (exact) mass is 458 g/mol. The van der Waals surface area contributed by atoms with Gasteiger partial charge in [-0.2, -0.15) is 0 Å². The number of benzene rings is 3. The Balaban J connectivity index is 1.69. The Labute approximate surface area is 198 Å². The van der Waals surface area contributed by atoms with Gasteiger partial charge in [0.05, 0.1) is 18.7 Å². The van der Waals surface area contributed by atoms with Gasteiger partial charge in [0.1, 0.15) is 17.3 Å². The summed E-state index contributed by atoms with van der Waals surface area (Å²) in [5.74, 6) is -0.131. The zero-order chi connectivity index (χ0) is 24.2. The molecule has 174 valence electrons. The molecule has 1 heterocycles. The molecular weight excluding hydrogens is 431 g/mol. The van der Waals surface area contributed by atoms with Crippen molar-refractivity contribution >= 4 is 23.1 Å². The van der Waals surface area contributed by atoms with Crippen LogP contribution in [0.4, 0.5) is 10.1 Å². The average molecular weight is 459 g/mol. The lowest BCUT2D eigenvalue weighted by atomic mass is 10.0. The Kier molecular flexibility index (Phi) is 6.77.